The van der Waals surface area contributed by atoms with Crippen molar-refractivity contribution in [2.75, 3.05) is 138 Å². The van der Waals surface area contributed by atoms with Crippen LogP contribution in [0, 0.1) is 6.92 Å². The number of nitrogens with two attached hydrogens (primary N) is 1. The van der Waals surface area contributed by atoms with Gasteiger partial charge in [0.25, 0.3) is 23.6 Å². The van der Waals surface area contributed by atoms with E-state index in [1.807, 2.05) is 31.2 Å². The van der Waals surface area contributed by atoms with E-state index in [0.717, 1.165) is 161 Å². The standard InChI is InChI=1S/C24H26ClN3O2.C22H29ClN4O.C16H24ClN3.C12H10BrNO2/c1-2-18-8-7-11-21(22(18)25)27-16-14-26(15-17-27)12-5-6-13-28-23(29)19-9-3-4-10-20(19)24(28)30;1-3-18-8-7-9-19(21(18)23)27-14-12-26(13-15-27)11-6-4-5-10-20(28)22-24-16-17(2)25-22;1-2-14-6-5-7-15(16(14)17)20-12-10-19(11-13-20)9-4-3-8-18;13-7-3-4-8-14-11(15)9-5-1-2-6-10(9)12(14)16/h3-11H,2,12-17H2,1H3;4,6-9,16H,3,5,10-15H2,1-2H3,(H,24,25);3-7H,2,8-13,18H2,1H3;1-6H,7-8H2/b6-5+;6-4+;2*4-3+. The molecule has 1 aromatic heterocycles. The van der Waals surface area contributed by atoms with Gasteiger partial charge in [-0.05, 0) is 91.8 Å². The van der Waals surface area contributed by atoms with Crippen molar-refractivity contribution in [3.05, 3.63) is 223 Å². The smallest absolute Gasteiger partial charge is 0.261 e. The van der Waals surface area contributed by atoms with Crippen LogP contribution in [0.15, 0.2) is 158 Å². The molecule has 3 saturated heterocycles. The number of aromatic amines is 1. The molecule has 5 aliphatic rings. The van der Waals surface area contributed by atoms with Gasteiger partial charge in [-0.2, -0.15) is 0 Å². The van der Waals surface area contributed by atoms with Crippen LogP contribution >= 0.6 is 50.7 Å². The number of nitrogens with one attached hydrogen (secondary N) is 1. The molecule has 0 unspecified atom stereocenters. The molecule has 3 fully saturated rings. The number of imidazole rings is 1. The molecule has 5 aromatic carbocycles. The monoisotopic (exact) mass is 1400 g/mol. The fourth-order valence-corrected chi connectivity index (χ4v) is 13.2. The van der Waals surface area contributed by atoms with Gasteiger partial charge in [-0.25, -0.2) is 4.98 Å². The zero-order valence-electron chi connectivity index (χ0n) is 54.6. The predicted molar refractivity (Wildman–Crippen MR) is 388 cm³/mol. The molecule has 0 atom stereocenters. The lowest BCUT2D eigenvalue weighted by Crippen LogP contribution is -2.46. The maximum Gasteiger partial charge on any atom is 0.261 e. The number of Topliss-reactive ketones (excluding diaryl/α,β-unsaturated/α-hetero) is 1. The van der Waals surface area contributed by atoms with Gasteiger partial charge in [0.1, 0.15) is 0 Å². The maximum atomic E-state index is 12.4. The summed E-state index contributed by atoms with van der Waals surface area (Å²) in [4.78, 5) is 84.5. The van der Waals surface area contributed by atoms with Crippen LogP contribution in [0.1, 0.15) is 108 Å². The van der Waals surface area contributed by atoms with Crippen LogP contribution in [-0.4, -0.2) is 187 Å². The number of halogens is 4. The van der Waals surface area contributed by atoms with Gasteiger partial charge in [-0.15, -0.1) is 0 Å². The molecule has 6 aromatic rings. The van der Waals surface area contributed by atoms with E-state index in [-0.39, 0.29) is 29.4 Å². The van der Waals surface area contributed by atoms with Gasteiger partial charge in [-0.1, -0.05) is 181 Å². The number of H-pyrrole nitrogens is 1. The van der Waals surface area contributed by atoms with Crippen molar-refractivity contribution in [3.8, 4) is 0 Å². The molecule has 3 N–H and O–H groups in total. The Labute approximate surface area is 578 Å². The number of benzene rings is 5. The molecule has 94 heavy (non-hydrogen) atoms. The maximum absolute atomic E-state index is 12.4. The van der Waals surface area contributed by atoms with Crippen molar-refractivity contribution in [1.82, 2.24) is 34.5 Å². The molecular formula is C74H89BrCl3N11O5. The first kappa shape index (κ1) is 72.6. The van der Waals surface area contributed by atoms with Crippen molar-refractivity contribution in [2.24, 2.45) is 5.73 Å². The number of imide groups is 2. The van der Waals surface area contributed by atoms with E-state index in [0.29, 0.717) is 54.1 Å². The van der Waals surface area contributed by atoms with Crippen LogP contribution in [0.3, 0.4) is 0 Å². The summed E-state index contributed by atoms with van der Waals surface area (Å²) in [5, 5.41) is 3.41. The summed E-state index contributed by atoms with van der Waals surface area (Å²) >= 11 is 22.9. The van der Waals surface area contributed by atoms with Crippen LogP contribution < -0.4 is 20.4 Å². The fourth-order valence-electron chi connectivity index (χ4n) is 11.8. The van der Waals surface area contributed by atoms with E-state index in [4.69, 9.17) is 40.5 Å². The number of hydrogen-bond donors (Lipinski definition) is 2. The van der Waals surface area contributed by atoms with E-state index < -0.39 is 0 Å². The summed E-state index contributed by atoms with van der Waals surface area (Å²) < 4.78 is 0. The quantitative estimate of drug-likeness (QED) is 0.0286. The van der Waals surface area contributed by atoms with Crippen LogP contribution in [-0.2, 0) is 19.3 Å². The Bertz CT molecular complexity index is 3570. The average molecular weight is 1400 g/mol. The van der Waals surface area contributed by atoms with Crippen molar-refractivity contribution < 1.29 is 24.0 Å². The number of ketones is 1. The van der Waals surface area contributed by atoms with E-state index in [1.165, 1.54) is 32.2 Å². The number of aryl methyl sites for hydroxylation is 4. The van der Waals surface area contributed by atoms with Gasteiger partial charge >= 0.3 is 0 Å². The number of fused-ring (bicyclic) bond motifs is 2. The number of anilines is 3. The second-order valence-corrected chi connectivity index (χ2v) is 25.1. The molecule has 0 saturated carbocycles. The molecule has 16 nitrogen and oxygen atoms in total. The van der Waals surface area contributed by atoms with E-state index in [9.17, 15) is 24.0 Å². The summed E-state index contributed by atoms with van der Waals surface area (Å²) in [5.74, 6) is -0.301. The zero-order chi connectivity index (χ0) is 66.9. The van der Waals surface area contributed by atoms with Gasteiger partial charge in [0.15, 0.2) is 11.6 Å². The van der Waals surface area contributed by atoms with Crippen molar-refractivity contribution in [1.29, 1.82) is 0 Å². The molecule has 498 valence electrons. The molecule has 0 bridgehead atoms. The number of hydrogen-bond acceptors (Lipinski definition) is 13. The first-order valence-corrected chi connectivity index (χ1v) is 35.0. The Morgan fingerprint density at radius 2 is 0.819 bits per heavy atom. The fraction of sp³-hybridized carbons (Fsp3) is 0.378. The lowest BCUT2D eigenvalue weighted by Gasteiger charge is -2.36. The topological polar surface area (TPSA) is 166 Å². The Hall–Kier alpha value is -7.19. The number of alkyl halides is 1. The average Bonchev–Trinajstić information content (AvgIpc) is 1.61. The number of carbonyl (C=O) groups is 5. The third-order valence-electron chi connectivity index (χ3n) is 17.3. The lowest BCUT2D eigenvalue weighted by molar-refractivity contribution is 0.0656. The molecule has 0 aliphatic carbocycles. The molecule has 11 rings (SSSR count). The van der Waals surface area contributed by atoms with Crippen molar-refractivity contribution >= 4 is 97.2 Å². The summed E-state index contributed by atoms with van der Waals surface area (Å²) in [5.41, 5.74) is 15.5. The highest BCUT2D eigenvalue weighted by Crippen LogP contribution is 2.33. The second kappa shape index (κ2) is 37.2. The summed E-state index contributed by atoms with van der Waals surface area (Å²) in [6.45, 7) is 24.3. The number of nitrogens with zero attached hydrogens (tertiary/aromatic N) is 9. The highest BCUT2D eigenvalue weighted by molar-refractivity contribution is 9.09. The molecule has 4 amide bonds. The number of amides is 4. The molecular weight excluding hydrogens is 1310 g/mol. The Kier molecular flexibility index (Phi) is 28.7. The van der Waals surface area contributed by atoms with Gasteiger partial charge < -0.3 is 25.4 Å². The Morgan fingerprint density at radius 1 is 0.479 bits per heavy atom. The highest BCUT2D eigenvalue weighted by atomic mass is 79.9. The largest absolute Gasteiger partial charge is 0.368 e. The van der Waals surface area contributed by atoms with Crippen LogP contribution in [0.2, 0.25) is 15.1 Å². The number of aromatic nitrogens is 2. The number of piperazine rings is 3. The SMILES string of the molecule is CCc1cccc(N2CCN(C/C=C/CCC(=O)c3ncc(C)[nH]3)CC2)c1Cl.CCc1cccc(N2CCN(C/C=C/CN)CC2)c1Cl.CCc1cccc(N2CCN(C/C=C/CN3C(=O)c4ccccc4C3=O)CC2)c1Cl.O=C1c2ccccc2C(=O)N1C/C=C/CBr. The summed E-state index contributed by atoms with van der Waals surface area (Å²) in [7, 11) is 0. The predicted octanol–water partition coefficient (Wildman–Crippen LogP) is 12.9. The van der Waals surface area contributed by atoms with Gasteiger partial charge in [0.2, 0.25) is 0 Å². The first-order chi connectivity index (χ1) is 45.7. The third-order valence-corrected chi connectivity index (χ3v) is 19.0. The normalized spacial score (nSPS) is 16.3. The van der Waals surface area contributed by atoms with Crippen molar-refractivity contribution in [2.45, 2.75) is 59.8 Å². The molecule has 6 heterocycles. The summed E-state index contributed by atoms with van der Waals surface area (Å²) in [6.07, 6.45) is 21.9. The molecule has 0 radical (unpaired) electrons. The zero-order valence-corrected chi connectivity index (χ0v) is 58.5. The van der Waals surface area contributed by atoms with E-state index in [1.54, 1.807) is 60.8 Å². The van der Waals surface area contributed by atoms with Crippen molar-refractivity contribution in [3.63, 3.8) is 0 Å². The Morgan fingerprint density at radius 3 is 1.15 bits per heavy atom. The van der Waals surface area contributed by atoms with Gasteiger partial charge in [0, 0.05) is 141 Å². The highest BCUT2D eigenvalue weighted by Gasteiger charge is 2.35. The third kappa shape index (κ3) is 19.5. The van der Waals surface area contributed by atoms with E-state index >= 15 is 0 Å². The number of carbonyl (C=O) groups excluding carboxylic acids is 5. The minimum Gasteiger partial charge on any atom is -0.368 e. The first-order valence-electron chi connectivity index (χ1n) is 32.7. The number of allylic oxidation sites excluding steroid dienone is 2. The molecule has 5 aliphatic heterocycles. The number of rotatable bonds is 22. The summed E-state index contributed by atoms with van der Waals surface area (Å²) in [6, 6.07) is 32.8. The lowest BCUT2D eigenvalue weighted by atomic mass is 10.1. The van der Waals surface area contributed by atoms with Crippen LogP contribution in [0.5, 0.6) is 0 Å². The van der Waals surface area contributed by atoms with Gasteiger partial charge in [0.05, 0.1) is 54.4 Å². The minimum absolute atomic E-state index is 0.0672. The van der Waals surface area contributed by atoms with Crippen LogP contribution in [0.25, 0.3) is 0 Å². The Balaban J connectivity index is 0.000000165. The second-order valence-electron chi connectivity index (χ2n) is 23.4. The van der Waals surface area contributed by atoms with E-state index in [2.05, 4.69) is 149 Å². The molecule has 0 spiro atoms. The molecule has 20 heteroatoms. The minimum atomic E-state index is -0.208. The van der Waals surface area contributed by atoms with Gasteiger partial charge in [-0.3, -0.25) is 48.5 Å². The van der Waals surface area contributed by atoms with Crippen LogP contribution in [0.4, 0.5) is 17.1 Å².